The molecule has 3 atom stereocenters. The summed E-state index contributed by atoms with van der Waals surface area (Å²) >= 11 is 0. The molecule has 2 aliphatic rings. The smallest absolute Gasteiger partial charge is 0.410 e. The lowest BCUT2D eigenvalue weighted by atomic mass is 9.71. The van der Waals surface area contributed by atoms with Crippen molar-refractivity contribution >= 4 is 6.09 Å². The third-order valence-corrected chi connectivity index (χ3v) is 4.18. The van der Waals surface area contributed by atoms with Gasteiger partial charge >= 0.3 is 6.09 Å². The predicted octanol–water partition coefficient (Wildman–Crippen LogP) is 2.80. The molecule has 4 nitrogen and oxygen atoms in total. The maximum absolute atomic E-state index is 12.0. The summed E-state index contributed by atoms with van der Waals surface area (Å²) in [6.07, 6.45) is 6.96. The molecule has 0 saturated heterocycles. The molecule has 114 valence electrons. The molecule has 0 aromatic heterocycles. The van der Waals surface area contributed by atoms with Crippen LogP contribution in [0.3, 0.4) is 0 Å². The first-order valence-corrected chi connectivity index (χ1v) is 7.78. The van der Waals surface area contributed by atoms with Crippen LogP contribution in [0.4, 0.5) is 4.79 Å². The van der Waals surface area contributed by atoms with E-state index < -0.39 is 5.60 Å². The highest BCUT2D eigenvalue weighted by molar-refractivity contribution is 5.68. The van der Waals surface area contributed by atoms with Crippen LogP contribution in [0, 0.1) is 11.8 Å². The first-order chi connectivity index (χ1) is 9.40. The van der Waals surface area contributed by atoms with Crippen LogP contribution in [0.15, 0.2) is 12.2 Å². The molecule has 20 heavy (non-hydrogen) atoms. The second-order valence-corrected chi connectivity index (χ2v) is 6.86. The van der Waals surface area contributed by atoms with Crippen LogP contribution in [0.1, 0.15) is 40.5 Å². The molecule has 1 N–H and O–H groups in total. The van der Waals surface area contributed by atoms with Gasteiger partial charge in [-0.1, -0.05) is 12.2 Å². The molecule has 2 rings (SSSR count). The average molecular weight is 280 g/mol. The van der Waals surface area contributed by atoms with Gasteiger partial charge in [-0.3, -0.25) is 0 Å². The van der Waals surface area contributed by atoms with E-state index in [1.165, 1.54) is 12.8 Å². The number of fused-ring (bicyclic) bond motifs is 1. The number of hydrogen-bond donors (Lipinski definition) is 1. The summed E-state index contributed by atoms with van der Waals surface area (Å²) in [5.41, 5.74) is -0.423. The number of nitrogens with one attached hydrogen (secondary N) is 1. The van der Waals surface area contributed by atoms with E-state index in [4.69, 9.17) is 4.74 Å². The Morgan fingerprint density at radius 2 is 2.20 bits per heavy atom. The molecule has 0 aliphatic heterocycles. The Morgan fingerprint density at radius 1 is 1.45 bits per heavy atom. The maximum atomic E-state index is 12.0. The molecule has 0 spiro atoms. The Morgan fingerprint density at radius 3 is 2.80 bits per heavy atom. The monoisotopic (exact) mass is 280 g/mol. The highest BCUT2D eigenvalue weighted by Crippen LogP contribution is 2.42. The standard InChI is InChI=1S/C16H28N2O2/c1-5-18(15(19)20-16(2,3)4)10-9-17-14-11-12-7-6-8-13(12)14/h6,8,12-14,17H,5,7,9-11H2,1-4H3. The average Bonchev–Trinajstić information content (AvgIpc) is 2.68. The molecule has 1 amide bonds. The molecule has 4 heteroatoms. The number of likely N-dealkylation sites (N-methyl/N-ethyl adjacent to an activating group) is 1. The van der Waals surface area contributed by atoms with Crippen LogP contribution in [0.2, 0.25) is 0 Å². The van der Waals surface area contributed by atoms with Gasteiger partial charge in [0, 0.05) is 25.7 Å². The van der Waals surface area contributed by atoms with E-state index in [-0.39, 0.29) is 6.09 Å². The summed E-state index contributed by atoms with van der Waals surface area (Å²) in [6, 6.07) is 0.607. The Balaban J connectivity index is 1.68. The van der Waals surface area contributed by atoms with Gasteiger partial charge in [-0.2, -0.15) is 0 Å². The van der Waals surface area contributed by atoms with Gasteiger partial charge in [0.2, 0.25) is 0 Å². The van der Waals surface area contributed by atoms with E-state index >= 15 is 0 Å². The third kappa shape index (κ3) is 3.75. The number of hydrogen-bond acceptors (Lipinski definition) is 3. The topological polar surface area (TPSA) is 41.6 Å². The lowest BCUT2D eigenvalue weighted by Gasteiger charge is -2.41. The van der Waals surface area contributed by atoms with Crippen molar-refractivity contribution in [2.45, 2.75) is 52.2 Å². The van der Waals surface area contributed by atoms with E-state index in [0.29, 0.717) is 19.1 Å². The minimum Gasteiger partial charge on any atom is -0.444 e. The molecule has 1 fully saturated rings. The van der Waals surface area contributed by atoms with Crippen molar-refractivity contribution in [1.29, 1.82) is 0 Å². The van der Waals surface area contributed by atoms with Gasteiger partial charge in [0.1, 0.15) is 5.60 Å². The predicted molar refractivity (Wildman–Crippen MR) is 80.6 cm³/mol. The quantitative estimate of drug-likeness (QED) is 0.787. The summed E-state index contributed by atoms with van der Waals surface area (Å²) in [5.74, 6) is 1.60. The molecule has 2 aliphatic carbocycles. The van der Waals surface area contributed by atoms with E-state index in [1.54, 1.807) is 4.90 Å². The van der Waals surface area contributed by atoms with Gasteiger partial charge < -0.3 is 15.0 Å². The van der Waals surface area contributed by atoms with Crippen LogP contribution >= 0.6 is 0 Å². The number of carbonyl (C=O) groups excluding carboxylic acids is 1. The summed E-state index contributed by atoms with van der Waals surface area (Å²) in [7, 11) is 0. The van der Waals surface area contributed by atoms with Crippen molar-refractivity contribution in [3.05, 3.63) is 12.2 Å². The Labute approximate surface area is 122 Å². The molecule has 1 saturated carbocycles. The lowest BCUT2D eigenvalue weighted by Crippen LogP contribution is -2.50. The Hall–Kier alpha value is -1.03. The van der Waals surface area contributed by atoms with Crippen molar-refractivity contribution in [3.8, 4) is 0 Å². The number of ether oxygens (including phenoxy) is 1. The Kier molecular flexibility index (Phi) is 4.74. The minimum absolute atomic E-state index is 0.214. The summed E-state index contributed by atoms with van der Waals surface area (Å²) in [5, 5.41) is 3.57. The first-order valence-electron chi connectivity index (χ1n) is 7.78. The van der Waals surface area contributed by atoms with Gasteiger partial charge in [-0.15, -0.1) is 0 Å². The fourth-order valence-electron chi connectivity index (χ4n) is 3.04. The van der Waals surface area contributed by atoms with Crippen LogP contribution < -0.4 is 5.32 Å². The van der Waals surface area contributed by atoms with E-state index in [9.17, 15) is 4.79 Å². The van der Waals surface area contributed by atoms with E-state index in [0.717, 1.165) is 18.4 Å². The largest absolute Gasteiger partial charge is 0.444 e. The fraction of sp³-hybridized carbons (Fsp3) is 0.812. The SMILES string of the molecule is CCN(CCNC1CC2CC=CC21)C(=O)OC(C)(C)C. The van der Waals surface area contributed by atoms with Crippen molar-refractivity contribution < 1.29 is 9.53 Å². The van der Waals surface area contributed by atoms with Crippen molar-refractivity contribution in [2.75, 3.05) is 19.6 Å². The zero-order valence-corrected chi connectivity index (χ0v) is 13.2. The van der Waals surface area contributed by atoms with Crippen LogP contribution in [0.5, 0.6) is 0 Å². The second-order valence-electron chi connectivity index (χ2n) is 6.86. The molecule has 3 unspecified atom stereocenters. The number of nitrogens with zero attached hydrogens (tertiary/aromatic N) is 1. The zero-order valence-electron chi connectivity index (χ0n) is 13.2. The molecule has 0 bridgehead atoms. The molecule has 0 aromatic carbocycles. The van der Waals surface area contributed by atoms with Crippen molar-refractivity contribution in [1.82, 2.24) is 10.2 Å². The summed E-state index contributed by atoms with van der Waals surface area (Å²) in [6.45, 7) is 9.93. The molecule has 0 heterocycles. The first kappa shape index (κ1) is 15.4. The lowest BCUT2D eigenvalue weighted by molar-refractivity contribution is 0.0256. The third-order valence-electron chi connectivity index (χ3n) is 4.18. The van der Waals surface area contributed by atoms with Crippen molar-refractivity contribution in [2.24, 2.45) is 11.8 Å². The normalized spacial score (nSPS) is 27.9. The molecular weight excluding hydrogens is 252 g/mol. The van der Waals surface area contributed by atoms with E-state index in [2.05, 4.69) is 17.5 Å². The molecule has 0 aromatic rings. The summed E-state index contributed by atoms with van der Waals surface area (Å²) < 4.78 is 5.41. The number of rotatable bonds is 5. The van der Waals surface area contributed by atoms with E-state index in [1.807, 2.05) is 27.7 Å². The van der Waals surface area contributed by atoms with Gasteiger partial charge in [0.25, 0.3) is 0 Å². The number of allylic oxidation sites excluding steroid dienone is 1. The fourth-order valence-corrected chi connectivity index (χ4v) is 3.04. The zero-order chi connectivity index (χ0) is 14.8. The van der Waals surface area contributed by atoms with Gasteiger partial charge in [-0.05, 0) is 52.4 Å². The Bertz CT molecular complexity index is 373. The summed E-state index contributed by atoms with van der Waals surface area (Å²) in [4.78, 5) is 13.8. The van der Waals surface area contributed by atoms with Crippen LogP contribution in [-0.4, -0.2) is 42.3 Å². The van der Waals surface area contributed by atoms with Crippen molar-refractivity contribution in [3.63, 3.8) is 0 Å². The van der Waals surface area contributed by atoms with Gasteiger partial charge in [0.15, 0.2) is 0 Å². The van der Waals surface area contributed by atoms with Gasteiger partial charge in [0.05, 0.1) is 0 Å². The van der Waals surface area contributed by atoms with Gasteiger partial charge in [-0.25, -0.2) is 4.79 Å². The number of carbonyl (C=O) groups is 1. The second kappa shape index (κ2) is 6.17. The van der Waals surface area contributed by atoms with Crippen LogP contribution in [0.25, 0.3) is 0 Å². The number of amides is 1. The maximum Gasteiger partial charge on any atom is 0.410 e. The highest BCUT2D eigenvalue weighted by atomic mass is 16.6. The van der Waals surface area contributed by atoms with Crippen LogP contribution in [-0.2, 0) is 4.74 Å². The highest BCUT2D eigenvalue weighted by Gasteiger charge is 2.40. The molecular formula is C16H28N2O2. The minimum atomic E-state index is -0.423. The molecule has 0 radical (unpaired) electrons.